The summed E-state index contributed by atoms with van der Waals surface area (Å²) in [6, 6.07) is 19.0. The Labute approximate surface area is 373 Å². The van der Waals surface area contributed by atoms with Crippen molar-refractivity contribution in [3.05, 3.63) is 124 Å². The second kappa shape index (κ2) is 19.3. The molecule has 1 amide bonds. The van der Waals surface area contributed by atoms with Crippen molar-refractivity contribution in [2.24, 2.45) is 0 Å². The van der Waals surface area contributed by atoms with Crippen molar-refractivity contribution < 1.29 is 44.9 Å². The minimum Gasteiger partial charge on any atom is -0.497 e. The summed E-state index contributed by atoms with van der Waals surface area (Å²) >= 11 is 0. The SMILES string of the molecule is CNC(=O)c1ccc(OC2=C(/C=C/C3N(CCCCS(=O)(=O)O)c4ccc(OC)cc4C3(C)C)CCC/C2=C\C=C2\N(CCCCS(=O)(=O)O)c3ccc(OC)cc3C2(C)C)cc1. The molecule has 0 radical (unpaired) electrons. The van der Waals surface area contributed by atoms with Crippen molar-refractivity contribution in [2.75, 3.05) is 55.7 Å². The molecule has 3 aromatic carbocycles. The summed E-state index contributed by atoms with van der Waals surface area (Å²) in [6.45, 7) is 9.83. The van der Waals surface area contributed by atoms with Gasteiger partial charge in [0.15, 0.2) is 0 Å². The number of nitrogens with one attached hydrogen (secondary N) is 1. The number of hydrogen-bond donors (Lipinski definition) is 3. The van der Waals surface area contributed by atoms with Crippen LogP contribution in [-0.4, -0.2) is 83.8 Å². The minimum atomic E-state index is -4.08. The third-order valence-electron chi connectivity index (χ3n) is 12.4. The van der Waals surface area contributed by atoms with E-state index in [4.69, 9.17) is 14.2 Å². The molecule has 3 aromatic rings. The Morgan fingerprint density at radius 3 is 1.97 bits per heavy atom. The molecule has 63 heavy (non-hydrogen) atoms. The Balaban J connectivity index is 1.42. The molecule has 2 heterocycles. The Bertz CT molecular complexity index is 2520. The van der Waals surface area contributed by atoms with E-state index >= 15 is 0 Å². The second-order valence-corrected chi connectivity index (χ2v) is 20.5. The standard InChI is InChI=1S/C48H61N3O10S2/c1-47(2)39-31-37(59-6)21-23-41(39)50(27-8-10-29-62(53,54)55)43(47)25-17-33-13-12-14-34(45(33)61-36-19-15-35(16-20-36)46(52)49-5)18-26-44-48(3,4)40-32-38(60-7)22-24-42(40)51(44)28-9-11-30-63(56,57)58/h15-26,31-32,43H,8-14,27-30H2,1-7H3,(H,49,52)(H,53,54,55)(H,56,57,58)/b25-17+,34-18+,44-26+. The number of unbranched alkanes of at least 4 members (excludes halogenated alkanes) is 2. The zero-order chi connectivity index (χ0) is 45.7. The zero-order valence-electron chi connectivity index (χ0n) is 37.3. The Morgan fingerprint density at radius 1 is 0.778 bits per heavy atom. The molecule has 0 bridgehead atoms. The number of carbonyl (C=O) groups excluding carboxylic acids is 1. The van der Waals surface area contributed by atoms with Gasteiger partial charge in [-0.05, 0) is 134 Å². The lowest BCUT2D eigenvalue weighted by Gasteiger charge is -2.33. The molecule has 0 spiro atoms. The van der Waals surface area contributed by atoms with E-state index in [0.717, 1.165) is 70.1 Å². The number of fused-ring (bicyclic) bond motifs is 2. The minimum absolute atomic E-state index is 0.119. The summed E-state index contributed by atoms with van der Waals surface area (Å²) in [7, 11) is -3.28. The third-order valence-corrected chi connectivity index (χ3v) is 14.0. The molecule has 1 atom stereocenters. The molecule has 0 aromatic heterocycles. The fraction of sp³-hybridized carbons (Fsp3) is 0.438. The van der Waals surface area contributed by atoms with Gasteiger partial charge < -0.3 is 29.3 Å². The lowest BCUT2D eigenvalue weighted by Crippen LogP contribution is -2.40. The number of amides is 1. The number of benzene rings is 3. The van der Waals surface area contributed by atoms with Crippen molar-refractivity contribution in [1.82, 2.24) is 5.32 Å². The van der Waals surface area contributed by atoms with Crippen molar-refractivity contribution >= 4 is 37.5 Å². The van der Waals surface area contributed by atoms with Crippen LogP contribution in [0.4, 0.5) is 11.4 Å². The van der Waals surface area contributed by atoms with Gasteiger partial charge in [0.25, 0.3) is 26.1 Å². The molecule has 2 aliphatic heterocycles. The van der Waals surface area contributed by atoms with Crippen molar-refractivity contribution in [1.29, 1.82) is 0 Å². The van der Waals surface area contributed by atoms with Gasteiger partial charge in [-0.3, -0.25) is 13.9 Å². The molecule has 0 fully saturated rings. The van der Waals surface area contributed by atoms with Crippen molar-refractivity contribution in [3.63, 3.8) is 0 Å². The topological polar surface area (TPSA) is 172 Å². The lowest BCUT2D eigenvalue weighted by atomic mass is 9.79. The lowest BCUT2D eigenvalue weighted by molar-refractivity contribution is 0.0963. The number of hydrogen-bond acceptors (Lipinski definition) is 10. The van der Waals surface area contributed by atoms with E-state index in [9.17, 15) is 30.7 Å². The average molecular weight is 904 g/mol. The predicted octanol–water partition coefficient (Wildman–Crippen LogP) is 8.55. The molecule has 13 nitrogen and oxygen atoms in total. The number of carbonyl (C=O) groups is 1. The van der Waals surface area contributed by atoms with E-state index in [2.05, 4.69) is 79.2 Å². The number of nitrogens with zero attached hydrogens (tertiary/aromatic N) is 2. The van der Waals surface area contributed by atoms with Gasteiger partial charge in [-0.15, -0.1) is 0 Å². The van der Waals surface area contributed by atoms with Gasteiger partial charge in [0, 0.05) is 53.6 Å². The maximum Gasteiger partial charge on any atom is 0.264 e. The highest BCUT2D eigenvalue weighted by molar-refractivity contribution is 7.86. The van der Waals surface area contributed by atoms with Gasteiger partial charge >= 0.3 is 0 Å². The van der Waals surface area contributed by atoms with Gasteiger partial charge in [0.1, 0.15) is 23.0 Å². The van der Waals surface area contributed by atoms with E-state index in [1.807, 2.05) is 24.3 Å². The average Bonchev–Trinajstić information content (AvgIpc) is 3.58. The molecule has 0 saturated heterocycles. The molecule has 1 aliphatic carbocycles. The van der Waals surface area contributed by atoms with Gasteiger partial charge in [-0.25, -0.2) is 0 Å². The first-order valence-electron chi connectivity index (χ1n) is 21.4. The monoisotopic (exact) mass is 903 g/mol. The van der Waals surface area contributed by atoms with E-state index in [1.165, 1.54) is 0 Å². The number of ether oxygens (including phenoxy) is 3. The first-order chi connectivity index (χ1) is 29.8. The number of anilines is 2. The van der Waals surface area contributed by atoms with Gasteiger partial charge in [0.2, 0.25) is 0 Å². The van der Waals surface area contributed by atoms with Crippen LogP contribution in [0.5, 0.6) is 17.2 Å². The van der Waals surface area contributed by atoms with Crippen LogP contribution in [0.2, 0.25) is 0 Å². The van der Waals surface area contributed by atoms with Crippen molar-refractivity contribution in [3.8, 4) is 17.2 Å². The molecule has 340 valence electrons. The van der Waals surface area contributed by atoms with Crippen LogP contribution < -0.4 is 29.3 Å². The van der Waals surface area contributed by atoms with E-state index < -0.39 is 25.7 Å². The van der Waals surface area contributed by atoms with Crippen LogP contribution in [0, 0.1) is 0 Å². The third kappa shape index (κ3) is 11.0. The summed E-state index contributed by atoms with van der Waals surface area (Å²) in [6.07, 6.45) is 12.7. The molecule has 3 aliphatic rings. The van der Waals surface area contributed by atoms with Gasteiger partial charge in [0.05, 0.1) is 31.8 Å². The first kappa shape index (κ1) is 47.4. The summed E-state index contributed by atoms with van der Waals surface area (Å²) < 4.78 is 83.1. The molecule has 3 N–H and O–H groups in total. The number of methoxy groups -OCH3 is 2. The van der Waals surface area contributed by atoms with Crippen LogP contribution >= 0.6 is 0 Å². The first-order valence-corrected chi connectivity index (χ1v) is 24.6. The molecule has 6 rings (SSSR count). The molecule has 15 heteroatoms. The van der Waals surface area contributed by atoms with Crippen LogP contribution in [0.25, 0.3) is 0 Å². The molecule has 0 saturated carbocycles. The normalized spacial score (nSPS) is 19.5. The van der Waals surface area contributed by atoms with Crippen LogP contribution in [0.1, 0.15) is 94.1 Å². The Hall–Kier alpha value is -5.09. The molecule has 1 unspecified atom stereocenters. The maximum atomic E-state index is 12.4. The van der Waals surface area contributed by atoms with Crippen LogP contribution in [-0.2, 0) is 31.1 Å². The smallest absolute Gasteiger partial charge is 0.264 e. The summed E-state index contributed by atoms with van der Waals surface area (Å²) in [5, 5.41) is 2.66. The maximum absolute atomic E-state index is 12.4. The summed E-state index contributed by atoms with van der Waals surface area (Å²) in [5.41, 5.74) is 6.95. The highest BCUT2D eigenvalue weighted by atomic mass is 32.2. The summed E-state index contributed by atoms with van der Waals surface area (Å²) in [4.78, 5) is 16.9. The molecular weight excluding hydrogens is 843 g/mol. The van der Waals surface area contributed by atoms with E-state index in [-0.39, 0.29) is 28.9 Å². The number of allylic oxidation sites excluding steroid dienone is 6. The van der Waals surface area contributed by atoms with Crippen LogP contribution in [0.3, 0.4) is 0 Å². The van der Waals surface area contributed by atoms with E-state index in [1.54, 1.807) is 45.5 Å². The quantitative estimate of drug-likeness (QED) is 0.0822. The predicted molar refractivity (Wildman–Crippen MR) is 248 cm³/mol. The largest absolute Gasteiger partial charge is 0.497 e. The fourth-order valence-electron chi connectivity index (χ4n) is 9.03. The Morgan fingerprint density at radius 2 is 1.37 bits per heavy atom. The highest BCUT2D eigenvalue weighted by Crippen LogP contribution is 2.50. The number of rotatable bonds is 18. The summed E-state index contributed by atoms with van der Waals surface area (Å²) in [5.74, 6) is 1.97. The van der Waals surface area contributed by atoms with Crippen molar-refractivity contribution in [2.45, 2.75) is 89.5 Å². The fourth-order valence-corrected chi connectivity index (χ4v) is 10.2. The zero-order valence-corrected chi connectivity index (χ0v) is 38.9. The van der Waals surface area contributed by atoms with Crippen LogP contribution in [0.15, 0.2) is 108 Å². The van der Waals surface area contributed by atoms with Gasteiger partial charge in [-0.2, -0.15) is 16.8 Å². The second-order valence-electron chi connectivity index (χ2n) is 17.4. The molecular formula is C48H61N3O10S2. The van der Waals surface area contributed by atoms with Gasteiger partial charge in [-0.1, -0.05) is 45.9 Å². The Kier molecular flexibility index (Phi) is 14.5. The van der Waals surface area contributed by atoms with E-state index in [0.29, 0.717) is 55.8 Å². The highest BCUT2D eigenvalue weighted by Gasteiger charge is 2.44.